The van der Waals surface area contributed by atoms with Crippen LogP contribution in [0.1, 0.15) is 73.2 Å². The van der Waals surface area contributed by atoms with Crippen molar-refractivity contribution in [2.75, 3.05) is 28.4 Å². The third kappa shape index (κ3) is 7.02. The molecule has 3 aliphatic rings. The highest BCUT2D eigenvalue weighted by atomic mass is 16.5. The number of aliphatic imine (C=N–C) groups is 1. The van der Waals surface area contributed by atoms with E-state index >= 15 is 0 Å². The van der Waals surface area contributed by atoms with Gasteiger partial charge < -0.3 is 34.2 Å². The van der Waals surface area contributed by atoms with E-state index in [1.807, 2.05) is 45.9 Å². The molecule has 0 saturated carbocycles. The number of rotatable bonds is 8. The third-order valence-corrected chi connectivity index (χ3v) is 9.82. The van der Waals surface area contributed by atoms with Crippen molar-refractivity contribution in [3.05, 3.63) is 72.3 Å². The quantitative estimate of drug-likeness (QED) is 0.361. The second kappa shape index (κ2) is 14.8. The van der Waals surface area contributed by atoms with E-state index in [2.05, 4.69) is 20.3 Å². The van der Waals surface area contributed by atoms with Gasteiger partial charge in [-0.1, -0.05) is 0 Å². The van der Waals surface area contributed by atoms with E-state index in [0.717, 1.165) is 49.9 Å². The number of amides is 2. The number of methoxy groups -OCH3 is 4. The molecule has 0 fully saturated rings. The maximum atomic E-state index is 13.4. The van der Waals surface area contributed by atoms with Crippen LogP contribution < -0.4 is 16.0 Å². The molecule has 0 aliphatic carbocycles. The molecule has 2 atom stereocenters. The first-order valence-electron chi connectivity index (χ1n) is 16.3. The van der Waals surface area contributed by atoms with E-state index in [-0.39, 0.29) is 36.6 Å². The van der Waals surface area contributed by atoms with Gasteiger partial charge in [0.25, 0.3) is 11.8 Å². The number of hydrogen-bond acceptors (Lipinski definition) is 8. The third-order valence-electron chi connectivity index (χ3n) is 9.82. The molecule has 3 aliphatic heterocycles. The lowest BCUT2D eigenvalue weighted by Gasteiger charge is -2.21. The lowest BCUT2D eigenvalue weighted by atomic mass is 9.94. The molecule has 3 N–H and O–H groups in total. The highest BCUT2D eigenvalue weighted by molar-refractivity contribution is 6.31. The number of aromatic nitrogens is 2. The zero-order chi connectivity index (χ0) is 35.6. The fourth-order valence-electron chi connectivity index (χ4n) is 6.89. The number of carbonyl (C=O) groups excluding carboxylic acids is 4. The van der Waals surface area contributed by atoms with Gasteiger partial charge in [0.15, 0.2) is 0 Å². The number of nitrogens with one attached hydrogen (secondary N) is 3. The molecule has 2 aromatic rings. The largest absolute Gasteiger partial charge is 0.469 e. The van der Waals surface area contributed by atoms with Crippen molar-refractivity contribution >= 4 is 47.7 Å². The first-order chi connectivity index (χ1) is 23.4. The topological polar surface area (TPSA) is 161 Å². The summed E-state index contributed by atoms with van der Waals surface area (Å²) in [5.74, 6) is -1.29. The molecule has 2 aromatic heterocycles. The molecule has 5 rings (SSSR count). The van der Waals surface area contributed by atoms with Gasteiger partial charge in [-0.3, -0.25) is 19.2 Å². The van der Waals surface area contributed by atoms with Crippen LogP contribution in [0.4, 0.5) is 0 Å². The number of allylic oxidation sites excluding steroid dienone is 2. The molecule has 8 bridgehead atoms. The van der Waals surface area contributed by atoms with Crippen molar-refractivity contribution in [1.29, 1.82) is 0 Å². The van der Waals surface area contributed by atoms with Crippen molar-refractivity contribution in [2.45, 2.75) is 78.4 Å². The van der Waals surface area contributed by atoms with Crippen LogP contribution in [-0.4, -0.2) is 80.1 Å². The lowest BCUT2D eigenvalue weighted by Crippen LogP contribution is -2.27. The van der Waals surface area contributed by atoms with Gasteiger partial charge in [-0.2, -0.15) is 0 Å². The van der Waals surface area contributed by atoms with Gasteiger partial charge in [0.1, 0.15) is 0 Å². The van der Waals surface area contributed by atoms with Gasteiger partial charge in [0.2, 0.25) is 0 Å². The fraction of sp³-hybridized carbons (Fsp3) is 0.432. The SMILES string of the molecule is COC(=O)CCc1c2[nH]c(c1C)/C=C1/NC(=O)C(=C1C)[C@H](OC)CC[C@H](OC)C1=C(C)C(=NC1=O)/C=c1\[nH]/c(c(CCC(=O)OC)c1C)=C\2. The predicted octanol–water partition coefficient (Wildman–Crippen LogP) is 2.69. The summed E-state index contributed by atoms with van der Waals surface area (Å²) in [6.45, 7) is 7.66. The molecule has 0 spiro atoms. The summed E-state index contributed by atoms with van der Waals surface area (Å²) in [6.07, 6.45) is 6.59. The Hall–Kier alpha value is -4.81. The Bertz CT molecular complexity index is 1970. The smallest absolute Gasteiger partial charge is 0.305 e. The van der Waals surface area contributed by atoms with Crippen molar-refractivity contribution in [3.8, 4) is 0 Å². The second-order valence-electron chi connectivity index (χ2n) is 12.5. The van der Waals surface area contributed by atoms with Crippen LogP contribution in [-0.2, 0) is 51.0 Å². The summed E-state index contributed by atoms with van der Waals surface area (Å²) in [4.78, 5) is 62.6. The monoisotopic (exact) mass is 672 g/mol. The maximum absolute atomic E-state index is 13.4. The van der Waals surface area contributed by atoms with Gasteiger partial charge in [-0.15, -0.1) is 0 Å². The summed E-state index contributed by atoms with van der Waals surface area (Å²) < 4.78 is 21.5. The van der Waals surface area contributed by atoms with Gasteiger partial charge >= 0.3 is 11.9 Å². The van der Waals surface area contributed by atoms with Gasteiger partial charge in [-0.05, 0) is 105 Å². The van der Waals surface area contributed by atoms with Crippen molar-refractivity contribution in [3.63, 3.8) is 0 Å². The van der Waals surface area contributed by atoms with Crippen LogP contribution in [0, 0.1) is 13.8 Å². The van der Waals surface area contributed by atoms with E-state index in [1.165, 1.54) is 14.2 Å². The van der Waals surface area contributed by atoms with Crippen molar-refractivity contribution in [1.82, 2.24) is 15.3 Å². The summed E-state index contributed by atoms with van der Waals surface area (Å²) in [6, 6.07) is 0. The van der Waals surface area contributed by atoms with Crippen LogP contribution in [0.5, 0.6) is 0 Å². The van der Waals surface area contributed by atoms with Gasteiger partial charge in [0, 0.05) is 54.8 Å². The number of H-pyrrole nitrogens is 2. The average Bonchev–Trinajstić information content (AvgIpc) is 3.73. The number of nitrogens with zero attached hydrogens (tertiary/aromatic N) is 1. The standard InChI is InChI=1S/C37H44N4O8/c1-18-22(9-13-32(42)48-7)28-17-29-23(10-14-33(43)49-8)19(2)25(39-29)16-27-21(4)35(37(45)41-27)31(47-6)12-11-30(46-5)34-20(3)26(40-36(34)44)15-24(18)38-28/h15-17,30-31,38-39H,9-14H2,1-8H3,(H,40,44)/b25-16-,26-15+,29-17-/t30-,31+/m1/s1. The molecular weight excluding hydrogens is 628 g/mol. The predicted molar refractivity (Wildman–Crippen MR) is 184 cm³/mol. The Kier molecular flexibility index (Phi) is 10.7. The molecule has 0 unspecified atom stereocenters. The minimum Gasteiger partial charge on any atom is -0.469 e. The van der Waals surface area contributed by atoms with E-state index in [9.17, 15) is 19.2 Å². The number of hydrogen-bond donors (Lipinski definition) is 3. The zero-order valence-electron chi connectivity index (χ0n) is 29.3. The van der Waals surface area contributed by atoms with Crippen molar-refractivity contribution in [2.24, 2.45) is 4.99 Å². The van der Waals surface area contributed by atoms with Crippen LogP contribution >= 0.6 is 0 Å². The molecule has 49 heavy (non-hydrogen) atoms. The first-order valence-corrected chi connectivity index (χ1v) is 16.3. The van der Waals surface area contributed by atoms with Crippen LogP contribution in [0.25, 0.3) is 18.2 Å². The zero-order valence-corrected chi connectivity index (χ0v) is 29.3. The minimum atomic E-state index is -0.561. The molecule has 0 radical (unpaired) electrons. The first kappa shape index (κ1) is 35.5. The van der Waals surface area contributed by atoms with E-state index in [1.54, 1.807) is 14.2 Å². The summed E-state index contributed by atoms with van der Waals surface area (Å²) in [5.41, 5.74) is 8.73. The van der Waals surface area contributed by atoms with Crippen LogP contribution in [0.15, 0.2) is 33.0 Å². The highest BCUT2D eigenvalue weighted by Gasteiger charge is 2.34. The number of carbonyl (C=O) groups is 4. The van der Waals surface area contributed by atoms with Crippen LogP contribution in [0.2, 0.25) is 0 Å². The maximum Gasteiger partial charge on any atom is 0.305 e. The summed E-state index contributed by atoms with van der Waals surface area (Å²) >= 11 is 0. The fourth-order valence-corrected chi connectivity index (χ4v) is 6.89. The Balaban J connectivity index is 1.79. The second-order valence-corrected chi connectivity index (χ2v) is 12.5. The van der Waals surface area contributed by atoms with Crippen LogP contribution in [0.3, 0.4) is 0 Å². The summed E-state index contributed by atoms with van der Waals surface area (Å²) in [7, 11) is 5.85. The van der Waals surface area contributed by atoms with E-state index < -0.39 is 12.2 Å². The molecular formula is C37H44N4O8. The molecule has 0 aromatic carbocycles. The Morgan fingerprint density at radius 2 is 1.35 bits per heavy atom. The highest BCUT2D eigenvalue weighted by Crippen LogP contribution is 2.32. The number of ether oxygens (including phenoxy) is 4. The Morgan fingerprint density at radius 3 is 1.96 bits per heavy atom. The normalized spacial score (nSPS) is 21.8. The molecule has 0 saturated heterocycles. The molecule has 2 amide bonds. The number of esters is 2. The Labute approximate surface area is 285 Å². The van der Waals surface area contributed by atoms with E-state index in [0.29, 0.717) is 53.8 Å². The van der Waals surface area contributed by atoms with Gasteiger partial charge in [0.05, 0.1) is 43.3 Å². The number of fused-ring (bicyclic) bond motifs is 6. The molecule has 260 valence electrons. The molecule has 5 heterocycles. The lowest BCUT2D eigenvalue weighted by molar-refractivity contribution is -0.141. The average molecular weight is 673 g/mol. The number of aromatic amines is 2. The van der Waals surface area contributed by atoms with Gasteiger partial charge in [-0.25, -0.2) is 4.99 Å². The molecule has 12 nitrogen and oxygen atoms in total. The van der Waals surface area contributed by atoms with E-state index in [4.69, 9.17) is 18.9 Å². The Morgan fingerprint density at radius 1 is 0.735 bits per heavy atom. The summed E-state index contributed by atoms with van der Waals surface area (Å²) in [5, 5.41) is 4.50. The van der Waals surface area contributed by atoms with Crippen molar-refractivity contribution < 1.29 is 38.1 Å². The molecule has 12 heteroatoms. The minimum absolute atomic E-state index is 0.167.